The quantitative estimate of drug-likeness (QED) is 0.325. The monoisotopic (exact) mass is 453 g/mol. The lowest BCUT2D eigenvalue weighted by atomic mass is 9.89. The van der Waals surface area contributed by atoms with Crippen LogP contribution in [0.3, 0.4) is 0 Å². The summed E-state index contributed by atoms with van der Waals surface area (Å²) in [6.07, 6.45) is 7.46. The fourth-order valence-electron chi connectivity index (χ4n) is 5.42. The fraction of sp³-hybridized carbons (Fsp3) is 0.379. The highest BCUT2D eigenvalue weighted by atomic mass is 15.2. The lowest BCUT2D eigenvalue weighted by Crippen LogP contribution is -2.35. The van der Waals surface area contributed by atoms with Gasteiger partial charge in [0.2, 0.25) is 0 Å². The molecule has 0 spiro atoms. The molecule has 0 fully saturated rings. The molecule has 5 heteroatoms. The molecule has 0 radical (unpaired) electrons. The van der Waals surface area contributed by atoms with E-state index in [4.69, 9.17) is 15.7 Å². The molecule has 34 heavy (non-hydrogen) atoms. The lowest BCUT2D eigenvalue weighted by Gasteiger charge is -2.39. The minimum absolute atomic E-state index is 0.247. The molecule has 2 atom stereocenters. The number of nitrogens with two attached hydrogens (primary N) is 1. The number of hydrogen-bond acceptors (Lipinski definition) is 4. The van der Waals surface area contributed by atoms with Crippen LogP contribution in [0.2, 0.25) is 0 Å². The summed E-state index contributed by atoms with van der Waals surface area (Å²) in [4.78, 5) is 12.6. The van der Waals surface area contributed by atoms with Gasteiger partial charge in [-0.2, -0.15) is 0 Å². The fourth-order valence-corrected chi connectivity index (χ4v) is 5.42. The molecule has 0 saturated heterocycles. The zero-order valence-electron chi connectivity index (χ0n) is 20.1. The molecule has 0 aliphatic heterocycles. The number of unbranched alkanes of at least 4 members (excludes halogenated alkanes) is 1. The maximum atomic E-state index is 5.81. The molecule has 5 rings (SSSR count). The van der Waals surface area contributed by atoms with Crippen molar-refractivity contribution < 1.29 is 0 Å². The van der Waals surface area contributed by atoms with Crippen molar-refractivity contribution in [2.24, 2.45) is 5.73 Å². The summed E-state index contributed by atoms with van der Waals surface area (Å²) < 4.78 is 2.41. The summed E-state index contributed by atoms with van der Waals surface area (Å²) in [6.45, 7) is 4.78. The molecular weight excluding hydrogens is 418 g/mol. The van der Waals surface area contributed by atoms with Crippen molar-refractivity contribution in [1.82, 2.24) is 19.4 Å². The third-order valence-corrected chi connectivity index (χ3v) is 7.24. The Labute approximate surface area is 202 Å². The third kappa shape index (κ3) is 4.63. The highest BCUT2D eigenvalue weighted by molar-refractivity contribution is 5.75. The Balaban J connectivity index is 1.56. The van der Waals surface area contributed by atoms with E-state index in [1.165, 1.54) is 28.8 Å². The number of imidazole rings is 1. The summed E-state index contributed by atoms with van der Waals surface area (Å²) in [6, 6.07) is 24.2. The maximum Gasteiger partial charge on any atom is 0.124 e. The molecule has 2 aromatic heterocycles. The molecule has 1 aliphatic carbocycles. The number of para-hydroxylation sites is 2. The Morgan fingerprint density at radius 3 is 2.71 bits per heavy atom. The van der Waals surface area contributed by atoms with E-state index in [0.717, 1.165) is 56.7 Å². The van der Waals surface area contributed by atoms with Gasteiger partial charge in [-0.15, -0.1) is 0 Å². The van der Waals surface area contributed by atoms with Crippen molar-refractivity contribution in [3.05, 3.63) is 95.6 Å². The molecule has 2 N–H and O–H groups in total. The predicted molar refractivity (Wildman–Crippen MR) is 138 cm³/mol. The van der Waals surface area contributed by atoms with Crippen LogP contribution in [0.15, 0.2) is 72.9 Å². The van der Waals surface area contributed by atoms with Gasteiger partial charge in [0.25, 0.3) is 0 Å². The van der Waals surface area contributed by atoms with Crippen LogP contribution in [-0.2, 0) is 19.5 Å². The van der Waals surface area contributed by atoms with Crippen molar-refractivity contribution in [3.63, 3.8) is 0 Å². The number of nitrogens with zero attached hydrogens (tertiary/aromatic N) is 4. The zero-order chi connectivity index (χ0) is 23.3. The van der Waals surface area contributed by atoms with E-state index in [0.29, 0.717) is 0 Å². The number of benzene rings is 2. The molecule has 5 nitrogen and oxygen atoms in total. The summed E-state index contributed by atoms with van der Waals surface area (Å²) in [5, 5.41) is 0. The van der Waals surface area contributed by atoms with Gasteiger partial charge < -0.3 is 10.3 Å². The predicted octanol–water partition coefficient (Wildman–Crippen LogP) is 5.81. The van der Waals surface area contributed by atoms with Crippen LogP contribution in [0, 0.1) is 0 Å². The zero-order valence-corrected chi connectivity index (χ0v) is 20.1. The Bertz CT molecular complexity index is 1220. The number of pyridine rings is 1. The third-order valence-electron chi connectivity index (χ3n) is 7.24. The van der Waals surface area contributed by atoms with Crippen LogP contribution >= 0.6 is 0 Å². The second-order valence-electron chi connectivity index (χ2n) is 9.38. The second-order valence-corrected chi connectivity index (χ2v) is 9.38. The standard InChI is InChI=1S/C29H35N5/c1-22(23-11-3-2-4-12-23)34(27-17-9-13-24-14-10-19-31-29(24)27)21-28-32-25-15-5-6-16-26(25)33(28)20-8-7-18-30/h2-6,10-12,14-16,19,22,27H,7-9,13,17-18,20-21,30H2,1H3. The minimum Gasteiger partial charge on any atom is -0.330 e. The van der Waals surface area contributed by atoms with Crippen LogP contribution in [-0.4, -0.2) is 26.0 Å². The first kappa shape index (κ1) is 22.8. The van der Waals surface area contributed by atoms with Gasteiger partial charge in [0.1, 0.15) is 5.82 Å². The first-order chi connectivity index (χ1) is 16.8. The molecule has 1 aliphatic rings. The van der Waals surface area contributed by atoms with Crippen LogP contribution in [0.4, 0.5) is 0 Å². The van der Waals surface area contributed by atoms with Crippen molar-refractivity contribution >= 4 is 11.0 Å². The van der Waals surface area contributed by atoms with Gasteiger partial charge in [0.05, 0.1) is 29.3 Å². The average molecular weight is 454 g/mol. The molecule has 2 unspecified atom stereocenters. The molecule has 2 aromatic carbocycles. The van der Waals surface area contributed by atoms with Crippen LogP contribution < -0.4 is 5.73 Å². The summed E-state index contributed by atoms with van der Waals surface area (Å²) in [5.74, 6) is 1.13. The van der Waals surface area contributed by atoms with Crippen molar-refractivity contribution in [2.45, 2.75) is 64.2 Å². The van der Waals surface area contributed by atoms with E-state index in [1.807, 2.05) is 6.20 Å². The number of aromatic nitrogens is 3. The van der Waals surface area contributed by atoms with Crippen LogP contribution in [0.5, 0.6) is 0 Å². The largest absolute Gasteiger partial charge is 0.330 e. The van der Waals surface area contributed by atoms with E-state index >= 15 is 0 Å². The topological polar surface area (TPSA) is 60.0 Å². The van der Waals surface area contributed by atoms with Gasteiger partial charge in [-0.05, 0) is 74.9 Å². The second kappa shape index (κ2) is 10.5. The van der Waals surface area contributed by atoms with Gasteiger partial charge in [-0.25, -0.2) is 4.98 Å². The number of aryl methyl sites for hydroxylation is 2. The van der Waals surface area contributed by atoms with E-state index in [-0.39, 0.29) is 12.1 Å². The Morgan fingerprint density at radius 1 is 1.03 bits per heavy atom. The normalized spacial score (nSPS) is 16.6. The molecule has 0 bridgehead atoms. The summed E-state index contributed by atoms with van der Waals surface area (Å²) in [5.41, 5.74) is 12.0. The van der Waals surface area contributed by atoms with E-state index < -0.39 is 0 Å². The molecule has 176 valence electrons. The average Bonchev–Trinajstić information content (AvgIpc) is 3.24. The maximum absolute atomic E-state index is 5.81. The molecule has 0 amide bonds. The van der Waals surface area contributed by atoms with Gasteiger partial charge in [0, 0.05) is 18.8 Å². The first-order valence-electron chi connectivity index (χ1n) is 12.6. The lowest BCUT2D eigenvalue weighted by molar-refractivity contribution is 0.111. The molecule has 2 heterocycles. The summed E-state index contributed by atoms with van der Waals surface area (Å²) in [7, 11) is 0. The van der Waals surface area contributed by atoms with Crippen molar-refractivity contribution in [3.8, 4) is 0 Å². The van der Waals surface area contributed by atoms with Gasteiger partial charge in [0.15, 0.2) is 0 Å². The molecular formula is C29H35N5. The van der Waals surface area contributed by atoms with Gasteiger partial charge >= 0.3 is 0 Å². The van der Waals surface area contributed by atoms with Crippen molar-refractivity contribution in [1.29, 1.82) is 0 Å². The number of rotatable bonds is 9. The molecule has 0 saturated carbocycles. The van der Waals surface area contributed by atoms with Crippen molar-refractivity contribution in [2.75, 3.05) is 6.54 Å². The van der Waals surface area contributed by atoms with Crippen LogP contribution in [0.25, 0.3) is 11.0 Å². The van der Waals surface area contributed by atoms with E-state index in [9.17, 15) is 0 Å². The smallest absolute Gasteiger partial charge is 0.124 e. The van der Waals surface area contributed by atoms with Crippen LogP contribution in [0.1, 0.15) is 67.3 Å². The number of hydrogen-bond donors (Lipinski definition) is 1. The highest BCUT2D eigenvalue weighted by Crippen LogP contribution is 2.39. The van der Waals surface area contributed by atoms with Gasteiger partial charge in [-0.1, -0.05) is 48.5 Å². The van der Waals surface area contributed by atoms with Gasteiger partial charge in [-0.3, -0.25) is 9.88 Å². The van der Waals surface area contributed by atoms with E-state index in [2.05, 4.69) is 83.1 Å². The highest BCUT2D eigenvalue weighted by Gasteiger charge is 2.32. The summed E-state index contributed by atoms with van der Waals surface area (Å²) >= 11 is 0. The molecule has 4 aromatic rings. The Kier molecular flexibility index (Phi) is 7.02. The minimum atomic E-state index is 0.247. The van der Waals surface area contributed by atoms with E-state index in [1.54, 1.807) is 0 Å². The Morgan fingerprint density at radius 2 is 1.85 bits per heavy atom. The SMILES string of the molecule is CC(c1ccccc1)N(Cc1nc2ccccc2n1CCCCN)C1CCCc2cccnc21. The first-order valence-corrected chi connectivity index (χ1v) is 12.6. The Hall–Kier alpha value is -3.02. The number of fused-ring (bicyclic) bond motifs is 2.